The SMILES string of the molecule is Cc1cc(CN(C)C(=O)C(C)Oc2ccc(Cl)cc2Cl)no1. The molecule has 7 heteroatoms. The van der Waals surface area contributed by atoms with Crippen molar-refractivity contribution in [3.05, 3.63) is 45.8 Å². The quantitative estimate of drug-likeness (QED) is 0.830. The molecule has 1 heterocycles. The summed E-state index contributed by atoms with van der Waals surface area (Å²) in [6.07, 6.45) is -0.684. The number of hydrogen-bond acceptors (Lipinski definition) is 4. The number of carbonyl (C=O) groups is 1. The zero-order chi connectivity index (χ0) is 16.3. The Kier molecular flexibility index (Phi) is 5.32. The molecule has 2 aromatic rings. The Morgan fingerprint density at radius 3 is 2.73 bits per heavy atom. The number of aromatic nitrogens is 1. The van der Waals surface area contributed by atoms with E-state index in [0.29, 0.717) is 33.8 Å². The van der Waals surface area contributed by atoms with Crippen LogP contribution in [0.25, 0.3) is 0 Å². The zero-order valence-corrected chi connectivity index (χ0v) is 14.0. The van der Waals surface area contributed by atoms with Crippen LogP contribution in [-0.2, 0) is 11.3 Å². The van der Waals surface area contributed by atoms with E-state index in [4.69, 9.17) is 32.5 Å². The van der Waals surface area contributed by atoms with Gasteiger partial charge in [0.15, 0.2) is 6.10 Å². The third-order valence-electron chi connectivity index (χ3n) is 3.00. The average molecular weight is 343 g/mol. The van der Waals surface area contributed by atoms with Gasteiger partial charge in [-0.05, 0) is 32.0 Å². The minimum absolute atomic E-state index is 0.188. The second-order valence-electron chi connectivity index (χ2n) is 4.96. The van der Waals surface area contributed by atoms with Gasteiger partial charge in [0.1, 0.15) is 17.2 Å². The molecule has 0 spiro atoms. The molecule has 0 aliphatic rings. The van der Waals surface area contributed by atoms with Crippen molar-refractivity contribution >= 4 is 29.1 Å². The van der Waals surface area contributed by atoms with E-state index in [2.05, 4.69) is 5.16 Å². The van der Waals surface area contributed by atoms with Crippen LogP contribution in [0, 0.1) is 6.92 Å². The van der Waals surface area contributed by atoms with E-state index in [-0.39, 0.29) is 5.91 Å². The summed E-state index contributed by atoms with van der Waals surface area (Å²) in [7, 11) is 1.68. The summed E-state index contributed by atoms with van der Waals surface area (Å²) in [6.45, 7) is 3.81. The van der Waals surface area contributed by atoms with Crippen LogP contribution in [0.1, 0.15) is 18.4 Å². The third-order valence-corrected chi connectivity index (χ3v) is 3.53. The van der Waals surface area contributed by atoms with Crippen molar-refractivity contribution in [1.82, 2.24) is 10.1 Å². The van der Waals surface area contributed by atoms with Crippen LogP contribution < -0.4 is 4.74 Å². The van der Waals surface area contributed by atoms with Gasteiger partial charge in [0.05, 0.1) is 11.6 Å². The number of aryl methyl sites for hydroxylation is 1. The van der Waals surface area contributed by atoms with Gasteiger partial charge in [0, 0.05) is 18.1 Å². The van der Waals surface area contributed by atoms with Crippen molar-refractivity contribution in [3.8, 4) is 5.75 Å². The maximum Gasteiger partial charge on any atom is 0.263 e. The number of nitrogens with zero attached hydrogens (tertiary/aromatic N) is 2. The molecule has 1 amide bonds. The smallest absolute Gasteiger partial charge is 0.263 e. The molecule has 0 fully saturated rings. The van der Waals surface area contributed by atoms with Gasteiger partial charge < -0.3 is 14.2 Å². The molecule has 0 aliphatic heterocycles. The van der Waals surface area contributed by atoms with Gasteiger partial charge in [-0.25, -0.2) is 0 Å². The molecule has 0 radical (unpaired) electrons. The predicted octanol–water partition coefficient (Wildman–Crippen LogP) is 3.72. The second kappa shape index (κ2) is 7.03. The van der Waals surface area contributed by atoms with Crippen LogP contribution in [0.2, 0.25) is 10.0 Å². The highest BCUT2D eigenvalue weighted by molar-refractivity contribution is 6.35. The number of likely N-dealkylation sites (N-methyl/N-ethyl adjacent to an activating group) is 1. The number of rotatable bonds is 5. The molecule has 0 saturated heterocycles. The summed E-state index contributed by atoms with van der Waals surface area (Å²) >= 11 is 11.9. The van der Waals surface area contributed by atoms with E-state index in [1.807, 2.05) is 0 Å². The number of amides is 1. The fourth-order valence-electron chi connectivity index (χ4n) is 1.94. The Balaban J connectivity index is 1.98. The van der Waals surface area contributed by atoms with E-state index in [1.54, 1.807) is 45.2 Å². The minimum Gasteiger partial charge on any atom is -0.479 e. The molecule has 1 atom stereocenters. The fraction of sp³-hybridized carbons (Fsp3) is 0.333. The van der Waals surface area contributed by atoms with Gasteiger partial charge in [0.2, 0.25) is 0 Å². The molecule has 0 aliphatic carbocycles. The Bertz CT molecular complexity index is 673. The fourth-order valence-corrected chi connectivity index (χ4v) is 2.39. The van der Waals surface area contributed by atoms with Gasteiger partial charge in [-0.2, -0.15) is 0 Å². The lowest BCUT2D eigenvalue weighted by molar-refractivity contribution is -0.137. The van der Waals surface area contributed by atoms with Crippen molar-refractivity contribution in [2.45, 2.75) is 26.5 Å². The first kappa shape index (κ1) is 16.6. The Hall–Kier alpha value is -1.72. The van der Waals surface area contributed by atoms with Crippen LogP contribution in [0.5, 0.6) is 5.75 Å². The van der Waals surface area contributed by atoms with Crippen molar-refractivity contribution in [1.29, 1.82) is 0 Å². The van der Waals surface area contributed by atoms with E-state index in [1.165, 1.54) is 4.90 Å². The number of ether oxygens (including phenoxy) is 1. The first-order valence-electron chi connectivity index (χ1n) is 6.65. The second-order valence-corrected chi connectivity index (χ2v) is 5.80. The van der Waals surface area contributed by atoms with E-state index < -0.39 is 6.10 Å². The lowest BCUT2D eigenvalue weighted by Crippen LogP contribution is -2.37. The van der Waals surface area contributed by atoms with Crippen molar-refractivity contribution in [2.75, 3.05) is 7.05 Å². The van der Waals surface area contributed by atoms with Crippen LogP contribution >= 0.6 is 23.2 Å². The monoisotopic (exact) mass is 342 g/mol. The van der Waals surface area contributed by atoms with Gasteiger partial charge in [0.25, 0.3) is 5.91 Å². The highest BCUT2D eigenvalue weighted by Gasteiger charge is 2.21. The number of hydrogen-bond donors (Lipinski definition) is 0. The molecular weight excluding hydrogens is 327 g/mol. The number of carbonyl (C=O) groups excluding carboxylic acids is 1. The highest BCUT2D eigenvalue weighted by Crippen LogP contribution is 2.28. The van der Waals surface area contributed by atoms with Gasteiger partial charge in [-0.3, -0.25) is 4.79 Å². The molecule has 118 valence electrons. The maximum absolute atomic E-state index is 12.3. The number of halogens is 2. The van der Waals surface area contributed by atoms with Crippen LogP contribution in [0.15, 0.2) is 28.8 Å². The summed E-state index contributed by atoms with van der Waals surface area (Å²) in [5.74, 6) is 0.928. The van der Waals surface area contributed by atoms with Crippen LogP contribution in [-0.4, -0.2) is 29.1 Å². The van der Waals surface area contributed by atoms with Crippen molar-refractivity contribution in [3.63, 3.8) is 0 Å². The standard InChI is InChI=1S/C15H16Cl2N2O3/c1-9-6-12(18-22-9)8-19(3)15(20)10(2)21-14-5-4-11(16)7-13(14)17/h4-7,10H,8H2,1-3H3. The van der Waals surface area contributed by atoms with Gasteiger partial charge in [-0.1, -0.05) is 28.4 Å². The molecule has 5 nitrogen and oxygen atoms in total. The highest BCUT2D eigenvalue weighted by atomic mass is 35.5. The summed E-state index contributed by atoms with van der Waals surface area (Å²) in [5, 5.41) is 4.73. The zero-order valence-electron chi connectivity index (χ0n) is 12.5. The molecule has 2 rings (SSSR count). The summed E-state index contributed by atoms with van der Waals surface area (Å²) < 4.78 is 10.6. The third kappa shape index (κ3) is 4.15. The topological polar surface area (TPSA) is 55.6 Å². The molecule has 22 heavy (non-hydrogen) atoms. The Labute approximate surface area is 138 Å². The van der Waals surface area contributed by atoms with E-state index >= 15 is 0 Å². The molecule has 1 unspecified atom stereocenters. The molecule has 1 aromatic heterocycles. The van der Waals surface area contributed by atoms with Crippen molar-refractivity contribution < 1.29 is 14.1 Å². The molecule has 1 aromatic carbocycles. The van der Waals surface area contributed by atoms with E-state index in [9.17, 15) is 4.79 Å². The first-order valence-corrected chi connectivity index (χ1v) is 7.41. The lowest BCUT2D eigenvalue weighted by Gasteiger charge is -2.21. The maximum atomic E-state index is 12.3. The molecule has 0 N–H and O–H groups in total. The van der Waals surface area contributed by atoms with Gasteiger partial charge >= 0.3 is 0 Å². The minimum atomic E-state index is -0.684. The summed E-state index contributed by atoms with van der Waals surface area (Å²) in [5.41, 5.74) is 0.685. The summed E-state index contributed by atoms with van der Waals surface area (Å²) in [6, 6.07) is 6.64. The van der Waals surface area contributed by atoms with Gasteiger partial charge in [-0.15, -0.1) is 0 Å². The van der Waals surface area contributed by atoms with E-state index in [0.717, 1.165) is 0 Å². The normalized spacial score (nSPS) is 12.0. The largest absolute Gasteiger partial charge is 0.479 e. The molecule has 0 bridgehead atoms. The van der Waals surface area contributed by atoms with Crippen molar-refractivity contribution in [2.24, 2.45) is 0 Å². The summed E-state index contributed by atoms with van der Waals surface area (Å²) in [4.78, 5) is 13.8. The number of benzene rings is 1. The molecule has 0 saturated carbocycles. The molecular formula is C15H16Cl2N2O3. The predicted molar refractivity (Wildman–Crippen MR) is 84.3 cm³/mol. The van der Waals surface area contributed by atoms with Crippen LogP contribution in [0.4, 0.5) is 0 Å². The Morgan fingerprint density at radius 2 is 2.14 bits per heavy atom. The average Bonchev–Trinajstić information content (AvgIpc) is 2.86. The van der Waals surface area contributed by atoms with Crippen LogP contribution in [0.3, 0.4) is 0 Å². The lowest BCUT2D eigenvalue weighted by atomic mass is 10.3. The first-order chi connectivity index (χ1) is 10.4. The Morgan fingerprint density at radius 1 is 1.41 bits per heavy atom.